The fourth-order valence-corrected chi connectivity index (χ4v) is 1.27. The largest absolute Gasteiger partial charge is 0.409 e. The molecule has 0 fully saturated rings. The number of pyridine rings is 1. The van der Waals surface area contributed by atoms with E-state index in [-0.39, 0.29) is 11.5 Å². The van der Waals surface area contributed by atoms with Gasteiger partial charge in [0.05, 0.1) is 16.8 Å². The second-order valence-electron chi connectivity index (χ2n) is 3.29. The maximum atomic E-state index is 10.5. The second kappa shape index (κ2) is 4.49. The zero-order valence-electron chi connectivity index (χ0n) is 8.96. The Labute approximate surface area is 100 Å². The van der Waals surface area contributed by atoms with Crippen molar-refractivity contribution in [2.45, 2.75) is 0 Å². The van der Waals surface area contributed by atoms with Gasteiger partial charge in [-0.15, -0.1) is 0 Å². The first-order valence-electron chi connectivity index (χ1n) is 4.75. The third-order valence-corrected chi connectivity index (χ3v) is 2.16. The Morgan fingerprint density at radius 1 is 1.50 bits per heavy atom. The molecule has 0 aliphatic rings. The molecule has 2 rings (SSSR count). The molecule has 0 aromatic carbocycles. The minimum atomic E-state index is -0.540. The predicted octanol–water partition coefficient (Wildman–Crippen LogP) is 0.270. The van der Waals surface area contributed by atoms with Crippen LogP contribution in [0.1, 0.15) is 5.69 Å². The minimum Gasteiger partial charge on any atom is -0.409 e. The van der Waals surface area contributed by atoms with Crippen molar-refractivity contribution in [1.29, 1.82) is 0 Å². The van der Waals surface area contributed by atoms with Crippen molar-refractivity contribution in [3.05, 3.63) is 46.5 Å². The van der Waals surface area contributed by atoms with Crippen LogP contribution in [0.25, 0.3) is 5.69 Å². The molecular weight excluding hydrogens is 240 g/mol. The third-order valence-electron chi connectivity index (χ3n) is 2.16. The van der Waals surface area contributed by atoms with Crippen molar-refractivity contribution < 1.29 is 10.1 Å². The summed E-state index contributed by atoms with van der Waals surface area (Å²) in [5.41, 5.74) is 6.06. The van der Waals surface area contributed by atoms with E-state index in [2.05, 4.69) is 15.2 Å². The number of rotatable bonds is 3. The summed E-state index contributed by atoms with van der Waals surface area (Å²) >= 11 is 0. The molecule has 0 bridgehead atoms. The summed E-state index contributed by atoms with van der Waals surface area (Å²) in [4.78, 5) is 13.9. The molecule has 0 saturated heterocycles. The molecule has 0 radical (unpaired) electrons. The third kappa shape index (κ3) is 2.09. The first kappa shape index (κ1) is 11.5. The zero-order valence-corrected chi connectivity index (χ0v) is 8.96. The van der Waals surface area contributed by atoms with Gasteiger partial charge in [0.1, 0.15) is 18.1 Å². The second-order valence-corrected chi connectivity index (χ2v) is 3.29. The summed E-state index contributed by atoms with van der Waals surface area (Å²) in [6.07, 6.45) is 3.81. The van der Waals surface area contributed by atoms with Crippen LogP contribution in [0.15, 0.2) is 35.9 Å². The number of hydrogen-bond donors (Lipinski definition) is 2. The maximum Gasteiger partial charge on any atom is 0.307 e. The lowest BCUT2D eigenvalue weighted by molar-refractivity contribution is -0.384. The standard InChI is InChI=1S/C9H8N6O3/c10-9(13-16)8-2-1-6(3-11-8)14-5-7(4-12-14)15(17)18/h1-5,16H,(H2,10,13). The summed E-state index contributed by atoms with van der Waals surface area (Å²) in [6, 6.07) is 3.11. The molecule has 0 saturated carbocycles. The number of aromatic nitrogens is 3. The van der Waals surface area contributed by atoms with Crippen LogP contribution in [-0.4, -0.2) is 30.7 Å². The van der Waals surface area contributed by atoms with E-state index in [0.717, 1.165) is 6.20 Å². The molecule has 18 heavy (non-hydrogen) atoms. The lowest BCUT2D eigenvalue weighted by Gasteiger charge is -2.01. The van der Waals surface area contributed by atoms with Gasteiger partial charge in [-0.05, 0) is 12.1 Å². The van der Waals surface area contributed by atoms with Crippen molar-refractivity contribution >= 4 is 11.5 Å². The van der Waals surface area contributed by atoms with Crippen molar-refractivity contribution in [2.24, 2.45) is 10.9 Å². The number of nitro groups is 1. The molecule has 92 valence electrons. The number of oxime groups is 1. The van der Waals surface area contributed by atoms with Gasteiger partial charge >= 0.3 is 5.69 Å². The zero-order chi connectivity index (χ0) is 13.1. The van der Waals surface area contributed by atoms with E-state index in [1.807, 2.05) is 0 Å². The van der Waals surface area contributed by atoms with Crippen LogP contribution in [0, 0.1) is 10.1 Å². The van der Waals surface area contributed by atoms with Crippen LogP contribution < -0.4 is 5.73 Å². The van der Waals surface area contributed by atoms with E-state index in [9.17, 15) is 10.1 Å². The van der Waals surface area contributed by atoms with Crippen LogP contribution in [-0.2, 0) is 0 Å². The Morgan fingerprint density at radius 3 is 2.78 bits per heavy atom. The molecule has 3 N–H and O–H groups in total. The maximum absolute atomic E-state index is 10.5. The molecule has 0 aliphatic carbocycles. The Morgan fingerprint density at radius 2 is 2.28 bits per heavy atom. The van der Waals surface area contributed by atoms with Gasteiger partial charge in [0.15, 0.2) is 5.84 Å². The van der Waals surface area contributed by atoms with E-state index in [1.165, 1.54) is 23.1 Å². The van der Waals surface area contributed by atoms with E-state index < -0.39 is 4.92 Å². The van der Waals surface area contributed by atoms with Crippen LogP contribution in [0.3, 0.4) is 0 Å². The first-order chi connectivity index (χ1) is 8.61. The van der Waals surface area contributed by atoms with E-state index in [4.69, 9.17) is 10.9 Å². The van der Waals surface area contributed by atoms with E-state index in [0.29, 0.717) is 11.4 Å². The van der Waals surface area contributed by atoms with Crippen LogP contribution in [0.4, 0.5) is 5.69 Å². The molecule has 0 amide bonds. The number of nitrogens with zero attached hydrogens (tertiary/aromatic N) is 5. The summed E-state index contributed by atoms with van der Waals surface area (Å²) in [6.45, 7) is 0. The quantitative estimate of drug-likeness (QED) is 0.263. The molecule has 9 nitrogen and oxygen atoms in total. The van der Waals surface area contributed by atoms with Gasteiger partial charge in [-0.2, -0.15) is 5.10 Å². The monoisotopic (exact) mass is 248 g/mol. The van der Waals surface area contributed by atoms with Gasteiger partial charge < -0.3 is 10.9 Å². The Bertz CT molecular complexity index is 603. The van der Waals surface area contributed by atoms with Crippen molar-refractivity contribution in [3.63, 3.8) is 0 Å². The van der Waals surface area contributed by atoms with E-state index >= 15 is 0 Å². The summed E-state index contributed by atoms with van der Waals surface area (Å²) in [5, 5.41) is 25.6. The fraction of sp³-hybridized carbons (Fsp3) is 0. The normalized spacial score (nSPS) is 11.4. The fourth-order valence-electron chi connectivity index (χ4n) is 1.27. The molecule has 0 aliphatic heterocycles. The van der Waals surface area contributed by atoms with Crippen molar-refractivity contribution in [3.8, 4) is 5.69 Å². The van der Waals surface area contributed by atoms with Gasteiger partial charge in [-0.3, -0.25) is 15.1 Å². The molecule has 2 aromatic rings. The molecule has 2 heterocycles. The molecule has 0 unspecified atom stereocenters. The lowest BCUT2D eigenvalue weighted by Crippen LogP contribution is -2.14. The van der Waals surface area contributed by atoms with Gasteiger partial charge in [-0.25, -0.2) is 4.68 Å². The summed E-state index contributed by atoms with van der Waals surface area (Å²) < 4.78 is 1.31. The SMILES string of the molecule is N/C(=N/O)c1ccc(-n2cc([N+](=O)[O-])cn2)cn1. The first-order valence-corrected chi connectivity index (χ1v) is 4.75. The van der Waals surface area contributed by atoms with Crippen molar-refractivity contribution in [2.75, 3.05) is 0 Å². The van der Waals surface area contributed by atoms with E-state index in [1.54, 1.807) is 6.07 Å². The highest BCUT2D eigenvalue weighted by Gasteiger charge is 2.10. The van der Waals surface area contributed by atoms with Gasteiger partial charge in [0.2, 0.25) is 0 Å². The Kier molecular flexibility index (Phi) is 2.87. The highest BCUT2D eigenvalue weighted by atomic mass is 16.6. The minimum absolute atomic E-state index is 0.115. The average Bonchev–Trinajstić information content (AvgIpc) is 2.88. The van der Waals surface area contributed by atoms with Crippen LogP contribution in [0.2, 0.25) is 0 Å². The molecule has 9 heteroatoms. The topological polar surface area (TPSA) is 132 Å². The molecular formula is C9H8N6O3. The van der Waals surface area contributed by atoms with Crippen molar-refractivity contribution in [1.82, 2.24) is 14.8 Å². The average molecular weight is 248 g/mol. The highest BCUT2D eigenvalue weighted by molar-refractivity contribution is 5.95. The molecule has 0 spiro atoms. The highest BCUT2D eigenvalue weighted by Crippen LogP contribution is 2.12. The smallest absolute Gasteiger partial charge is 0.307 e. The molecule has 2 aromatic heterocycles. The molecule has 0 atom stereocenters. The number of hydrogen-bond acceptors (Lipinski definition) is 6. The predicted molar refractivity (Wildman–Crippen MR) is 60.5 cm³/mol. The van der Waals surface area contributed by atoms with Gasteiger partial charge in [0, 0.05) is 0 Å². The summed E-state index contributed by atoms with van der Waals surface area (Å²) in [5.74, 6) is -0.118. The Balaban J connectivity index is 2.31. The van der Waals surface area contributed by atoms with Crippen LogP contribution >= 0.6 is 0 Å². The van der Waals surface area contributed by atoms with Gasteiger partial charge in [-0.1, -0.05) is 5.16 Å². The Hall–Kier alpha value is -2.97. The van der Waals surface area contributed by atoms with Gasteiger partial charge in [0.25, 0.3) is 0 Å². The summed E-state index contributed by atoms with van der Waals surface area (Å²) in [7, 11) is 0. The lowest BCUT2D eigenvalue weighted by atomic mass is 10.3. The number of nitrogens with two attached hydrogens (primary N) is 1. The number of amidine groups is 1. The van der Waals surface area contributed by atoms with Crippen LogP contribution in [0.5, 0.6) is 0 Å².